The van der Waals surface area contributed by atoms with E-state index in [2.05, 4.69) is 32.9 Å². The van der Waals surface area contributed by atoms with Crippen molar-refractivity contribution in [3.05, 3.63) is 33.7 Å². The maximum Gasteiger partial charge on any atom is 0.283 e. The van der Waals surface area contributed by atoms with E-state index in [0.717, 1.165) is 32.2 Å². The number of anilines is 1. The van der Waals surface area contributed by atoms with Crippen LogP contribution in [0.3, 0.4) is 0 Å². The van der Waals surface area contributed by atoms with Gasteiger partial charge in [-0.15, -0.1) is 6.58 Å². The van der Waals surface area contributed by atoms with E-state index in [9.17, 15) is 9.90 Å². The van der Waals surface area contributed by atoms with Crippen LogP contribution in [0.15, 0.2) is 28.1 Å². The van der Waals surface area contributed by atoms with E-state index < -0.39 is 0 Å². The average molecular weight is 342 g/mol. The number of aliphatic hydroxyl groups is 1. The van der Waals surface area contributed by atoms with Crippen molar-refractivity contribution >= 4 is 21.6 Å². The van der Waals surface area contributed by atoms with Crippen molar-refractivity contribution in [3.63, 3.8) is 0 Å². The molecule has 1 aromatic rings. The first-order valence-corrected chi connectivity index (χ1v) is 7.69. The number of hydrogen-bond donors (Lipinski definition) is 2. The molecule has 0 radical (unpaired) electrons. The topological polar surface area (TPSA) is 67.2 Å². The van der Waals surface area contributed by atoms with Crippen molar-refractivity contribution in [2.45, 2.75) is 38.3 Å². The summed E-state index contributed by atoms with van der Waals surface area (Å²) in [5, 5.41) is 17.0. The molecular formula is C14H20BrN3O2. The van der Waals surface area contributed by atoms with Crippen LogP contribution in [0.5, 0.6) is 0 Å². The van der Waals surface area contributed by atoms with Gasteiger partial charge in [-0.1, -0.05) is 12.5 Å². The summed E-state index contributed by atoms with van der Waals surface area (Å²) in [5.41, 5.74) is 0.536. The Balaban J connectivity index is 2.01. The number of hydrogen-bond acceptors (Lipinski definition) is 4. The number of allylic oxidation sites excluding steroid dienone is 1. The molecule has 1 aliphatic carbocycles. The van der Waals surface area contributed by atoms with Crippen LogP contribution in [0, 0.1) is 5.92 Å². The Morgan fingerprint density at radius 1 is 1.60 bits per heavy atom. The van der Waals surface area contributed by atoms with E-state index in [1.165, 1.54) is 4.68 Å². The van der Waals surface area contributed by atoms with Gasteiger partial charge in [-0.25, -0.2) is 4.68 Å². The van der Waals surface area contributed by atoms with E-state index in [-0.39, 0.29) is 11.7 Å². The largest absolute Gasteiger partial charge is 0.393 e. The van der Waals surface area contributed by atoms with Crippen molar-refractivity contribution in [2.24, 2.45) is 5.92 Å². The third-order valence-corrected chi connectivity index (χ3v) is 4.39. The molecule has 6 heteroatoms. The fraction of sp³-hybridized carbons (Fsp3) is 0.571. The van der Waals surface area contributed by atoms with Crippen LogP contribution >= 0.6 is 15.9 Å². The van der Waals surface area contributed by atoms with Crippen LogP contribution in [0.25, 0.3) is 0 Å². The molecule has 0 bridgehead atoms. The Hall–Kier alpha value is -1.14. The van der Waals surface area contributed by atoms with Gasteiger partial charge >= 0.3 is 0 Å². The normalized spacial score (nSPS) is 22.5. The Morgan fingerprint density at radius 3 is 3.10 bits per heavy atom. The number of nitrogens with zero attached hydrogens (tertiary/aromatic N) is 2. The molecule has 1 fully saturated rings. The zero-order valence-electron chi connectivity index (χ0n) is 11.4. The van der Waals surface area contributed by atoms with Gasteiger partial charge in [0, 0.05) is 6.54 Å². The van der Waals surface area contributed by atoms with Gasteiger partial charge < -0.3 is 10.4 Å². The molecule has 0 saturated heterocycles. The smallest absolute Gasteiger partial charge is 0.283 e. The Bertz CT molecular complexity index is 530. The molecule has 2 rings (SSSR count). The Morgan fingerprint density at radius 2 is 2.40 bits per heavy atom. The molecule has 1 aromatic heterocycles. The van der Waals surface area contributed by atoms with Crippen LogP contribution in [-0.2, 0) is 6.54 Å². The molecule has 20 heavy (non-hydrogen) atoms. The lowest BCUT2D eigenvalue weighted by Crippen LogP contribution is -2.27. The summed E-state index contributed by atoms with van der Waals surface area (Å²) in [5.74, 6) is 0.446. The van der Waals surface area contributed by atoms with E-state index in [1.807, 2.05) is 0 Å². The van der Waals surface area contributed by atoms with Crippen LogP contribution < -0.4 is 10.9 Å². The summed E-state index contributed by atoms with van der Waals surface area (Å²) in [7, 11) is 0. The minimum absolute atomic E-state index is 0.168. The lowest BCUT2D eigenvalue weighted by atomic mass is 9.87. The quantitative estimate of drug-likeness (QED) is 0.805. The van der Waals surface area contributed by atoms with Crippen LogP contribution in [0.2, 0.25) is 0 Å². The maximum absolute atomic E-state index is 12.0. The highest BCUT2D eigenvalue weighted by Gasteiger charge is 2.20. The highest BCUT2D eigenvalue weighted by molar-refractivity contribution is 9.10. The number of aliphatic hydroxyl groups excluding tert-OH is 1. The highest BCUT2D eigenvalue weighted by Crippen LogP contribution is 2.25. The van der Waals surface area contributed by atoms with Gasteiger partial charge in [0.15, 0.2) is 0 Å². The molecule has 0 aromatic carbocycles. The first kappa shape index (κ1) is 15.3. The Labute approximate surface area is 126 Å². The van der Waals surface area contributed by atoms with E-state index in [0.29, 0.717) is 22.6 Å². The molecular weight excluding hydrogens is 322 g/mol. The van der Waals surface area contributed by atoms with Crippen molar-refractivity contribution in [1.82, 2.24) is 9.78 Å². The second-order valence-corrected chi connectivity index (χ2v) is 6.01. The fourth-order valence-corrected chi connectivity index (χ4v) is 2.99. The van der Waals surface area contributed by atoms with E-state index in [4.69, 9.17) is 0 Å². The predicted molar refractivity (Wildman–Crippen MR) is 82.8 cm³/mol. The number of rotatable bonds is 5. The van der Waals surface area contributed by atoms with Gasteiger partial charge in [-0.05, 0) is 41.1 Å². The predicted octanol–water partition coefficient (Wildman–Crippen LogP) is 2.15. The molecule has 1 heterocycles. The summed E-state index contributed by atoms with van der Waals surface area (Å²) in [4.78, 5) is 12.0. The average Bonchev–Trinajstić information content (AvgIpc) is 2.43. The van der Waals surface area contributed by atoms with Crippen LogP contribution in [0.4, 0.5) is 5.69 Å². The van der Waals surface area contributed by atoms with Crippen LogP contribution in [0.1, 0.15) is 25.7 Å². The molecule has 2 unspecified atom stereocenters. The first-order chi connectivity index (χ1) is 9.61. The van der Waals surface area contributed by atoms with Gasteiger partial charge in [-0.2, -0.15) is 5.10 Å². The zero-order chi connectivity index (χ0) is 14.5. The van der Waals surface area contributed by atoms with Crippen molar-refractivity contribution in [3.8, 4) is 0 Å². The van der Waals surface area contributed by atoms with E-state index >= 15 is 0 Å². The molecule has 0 spiro atoms. The molecule has 1 aliphatic rings. The van der Waals surface area contributed by atoms with Crippen molar-refractivity contribution in [2.75, 3.05) is 11.9 Å². The lowest BCUT2D eigenvalue weighted by Gasteiger charge is -2.26. The minimum atomic E-state index is -0.183. The summed E-state index contributed by atoms with van der Waals surface area (Å²) in [6.45, 7) is 4.75. The minimum Gasteiger partial charge on any atom is -0.393 e. The van der Waals surface area contributed by atoms with Gasteiger partial charge in [0.2, 0.25) is 0 Å². The van der Waals surface area contributed by atoms with Crippen molar-refractivity contribution in [1.29, 1.82) is 0 Å². The molecule has 0 amide bonds. The number of aromatic nitrogens is 2. The summed E-state index contributed by atoms with van der Waals surface area (Å²) in [6.07, 6.45) is 7.00. The lowest BCUT2D eigenvalue weighted by molar-refractivity contribution is 0.105. The molecule has 5 nitrogen and oxygen atoms in total. The monoisotopic (exact) mass is 341 g/mol. The summed E-state index contributed by atoms with van der Waals surface area (Å²) in [6, 6.07) is 0. The summed E-state index contributed by atoms with van der Waals surface area (Å²) < 4.78 is 1.85. The standard InChI is InChI=1S/C14H20BrN3O2/c1-2-6-18-14(20)13(15)12(9-17-18)16-8-10-4-3-5-11(19)7-10/h2,9-11,16,19H,1,3-8H2. The van der Waals surface area contributed by atoms with Crippen molar-refractivity contribution < 1.29 is 5.11 Å². The number of halogens is 1. The van der Waals surface area contributed by atoms with Gasteiger partial charge in [0.1, 0.15) is 4.47 Å². The maximum atomic E-state index is 12.0. The SMILES string of the molecule is C=CCn1ncc(NCC2CCCC(O)C2)c(Br)c1=O. The second-order valence-electron chi connectivity index (χ2n) is 5.22. The van der Waals surface area contributed by atoms with Crippen LogP contribution in [-0.4, -0.2) is 27.5 Å². The third kappa shape index (κ3) is 3.70. The molecule has 0 aliphatic heterocycles. The van der Waals surface area contributed by atoms with E-state index in [1.54, 1.807) is 12.3 Å². The third-order valence-electron chi connectivity index (χ3n) is 3.62. The summed E-state index contributed by atoms with van der Waals surface area (Å²) >= 11 is 3.32. The van der Waals surface area contributed by atoms with Gasteiger partial charge in [-0.3, -0.25) is 4.79 Å². The van der Waals surface area contributed by atoms with Gasteiger partial charge in [0.25, 0.3) is 5.56 Å². The molecule has 1 saturated carbocycles. The zero-order valence-corrected chi connectivity index (χ0v) is 13.0. The first-order valence-electron chi connectivity index (χ1n) is 6.90. The second kappa shape index (κ2) is 7.04. The fourth-order valence-electron chi connectivity index (χ4n) is 2.54. The molecule has 2 atom stereocenters. The molecule has 2 N–H and O–H groups in total. The van der Waals surface area contributed by atoms with Gasteiger partial charge in [0.05, 0.1) is 24.5 Å². The Kier molecular flexibility index (Phi) is 5.37. The molecule has 110 valence electrons. The highest BCUT2D eigenvalue weighted by atomic mass is 79.9. The number of nitrogens with one attached hydrogen (secondary N) is 1.